The fourth-order valence-corrected chi connectivity index (χ4v) is 3.91. The smallest absolute Gasteiger partial charge is 0.338 e. The number of thiazole rings is 1. The number of aromatic nitrogens is 1. The van der Waals surface area contributed by atoms with Crippen LogP contribution in [0.2, 0.25) is 0 Å². The predicted octanol–water partition coefficient (Wildman–Crippen LogP) is 3.77. The second-order valence-corrected chi connectivity index (χ2v) is 8.58. The largest absolute Gasteiger partial charge is 0.487 e. The summed E-state index contributed by atoms with van der Waals surface area (Å²) in [5, 5.41) is 5.59. The lowest BCUT2D eigenvalue weighted by Crippen LogP contribution is -2.18. The number of amides is 1. The molecule has 3 aromatic rings. The van der Waals surface area contributed by atoms with E-state index in [0.29, 0.717) is 29.3 Å². The van der Waals surface area contributed by atoms with Gasteiger partial charge in [-0.15, -0.1) is 22.7 Å². The van der Waals surface area contributed by atoms with E-state index in [1.54, 1.807) is 47.7 Å². The molecule has 0 spiro atoms. The summed E-state index contributed by atoms with van der Waals surface area (Å²) in [6, 6.07) is 9.95. The predicted molar refractivity (Wildman–Crippen MR) is 114 cm³/mol. The lowest BCUT2D eigenvalue weighted by atomic mass is 10.2. The minimum atomic E-state index is -0.583. The zero-order valence-electron chi connectivity index (χ0n) is 16.5. The van der Waals surface area contributed by atoms with Crippen LogP contribution in [0.5, 0.6) is 5.75 Å². The van der Waals surface area contributed by atoms with Crippen molar-refractivity contribution in [2.75, 3.05) is 6.61 Å². The summed E-state index contributed by atoms with van der Waals surface area (Å²) in [6.45, 7) is 3.74. The van der Waals surface area contributed by atoms with Crippen LogP contribution < -0.4 is 10.1 Å². The van der Waals surface area contributed by atoms with Crippen LogP contribution in [0.1, 0.15) is 42.5 Å². The molecule has 1 N–H and O–H groups in total. The topological polar surface area (TPSA) is 94.6 Å². The summed E-state index contributed by atoms with van der Waals surface area (Å²) in [5.41, 5.74) is 1.19. The van der Waals surface area contributed by atoms with Crippen molar-refractivity contribution < 1.29 is 23.9 Å². The molecule has 0 saturated carbocycles. The molecule has 156 valence electrons. The van der Waals surface area contributed by atoms with Gasteiger partial charge in [-0.1, -0.05) is 0 Å². The number of nitrogens with one attached hydrogen (secondary N) is 1. The molecule has 0 aliphatic heterocycles. The molecule has 0 aliphatic rings. The summed E-state index contributed by atoms with van der Waals surface area (Å²) in [5.74, 6) is -0.403. The fraction of sp³-hybridized carbons (Fsp3) is 0.238. The van der Waals surface area contributed by atoms with E-state index in [2.05, 4.69) is 10.3 Å². The maximum Gasteiger partial charge on any atom is 0.338 e. The van der Waals surface area contributed by atoms with Crippen LogP contribution in [-0.2, 0) is 22.7 Å². The van der Waals surface area contributed by atoms with Gasteiger partial charge in [-0.05, 0) is 43.3 Å². The Labute approximate surface area is 181 Å². The summed E-state index contributed by atoms with van der Waals surface area (Å²) in [4.78, 5) is 41.0. The van der Waals surface area contributed by atoms with Crippen LogP contribution in [0.15, 0.2) is 41.8 Å². The van der Waals surface area contributed by atoms with Gasteiger partial charge in [0.1, 0.15) is 12.4 Å². The molecule has 0 unspecified atom stereocenters. The van der Waals surface area contributed by atoms with Crippen LogP contribution in [-0.4, -0.2) is 29.3 Å². The minimum absolute atomic E-state index is 0.139. The van der Waals surface area contributed by atoms with Gasteiger partial charge in [0.05, 0.1) is 27.7 Å². The van der Waals surface area contributed by atoms with Gasteiger partial charge in [0.2, 0.25) is 11.7 Å². The van der Waals surface area contributed by atoms with E-state index in [0.717, 1.165) is 15.6 Å². The standard InChI is InChI=1S/C21H20N2O5S2/c1-13(24)22-9-18-7-8-20(30-18)19(25)11-28-21(26)15-3-5-17(6-4-15)27-10-16-12-29-14(2)23-16/h3-8,12H,9-11H2,1-2H3,(H,22,24). The molecule has 9 heteroatoms. The number of rotatable bonds is 9. The number of ketones is 1. The maximum atomic E-state index is 12.2. The SMILES string of the molecule is CC(=O)NCc1ccc(C(=O)COC(=O)c2ccc(OCc3csc(C)n3)cc2)s1. The third-order valence-corrected chi connectivity index (χ3v) is 5.87. The molecule has 0 saturated heterocycles. The third kappa shape index (κ3) is 6.23. The van der Waals surface area contributed by atoms with E-state index >= 15 is 0 Å². The fourth-order valence-electron chi connectivity index (χ4n) is 2.44. The van der Waals surface area contributed by atoms with Crippen LogP contribution in [0, 0.1) is 6.92 Å². The summed E-state index contributed by atoms with van der Waals surface area (Å²) in [6.07, 6.45) is 0. The Morgan fingerprint density at radius 1 is 1.10 bits per heavy atom. The Morgan fingerprint density at radius 2 is 1.87 bits per heavy atom. The van der Waals surface area contributed by atoms with Crippen LogP contribution in [0.25, 0.3) is 0 Å². The quantitative estimate of drug-likeness (QED) is 0.399. The average molecular weight is 445 g/mol. The number of ether oxygens (including phenoxy) is 2. The molecule has 0 atom stereocenters. The van der Waals surface area contributed by atoms with Gasteiger partial charge in [0.15, 0.2) is 6.61 Å². The maximum absolute atomic E-state index is 12.2. The van der Waals surface area contributed by atoms with Crippen molar-refractivity contribution in [1.82, 2.24) is 10.3 Å². The van der Waals surface area contributed by atoms with Gasteiger partial charge in [-0.3, -0.25) is 9.59 Å². The highest BCUT2D eigenvalue weighted by Crippen LogP contribution is 2.18. The van der Waals surface area contributed by atoms with Crippen LogP contribution in [0.3, 0.4) is 0 Å². The van der Waals surface area contributed by atoms with Crippen molar-refractivity contribution >= 4 is 40.3 Å². The molecule has 3 rings (SSSR count). The average Bonchev–Trinajstić information content (AvgIpc) is 3.38. The zero-order valence-corrected chi connectivity index (χ0v) is 18.1. The molecule has 30 heavy (non-hydrogen) atoms. The number of thiophene rings is 1. The molecule has 2 aromatic heterocycles. The van der Waals surface area contributed by atoms with E-state index in [1.807, 2.05) is 12.3 Å². The van der Waals surface area contributed by atoms with Crippen molar-refractivity contribution in [1.29, 1.82) is 0 Å². The first kappa shape index (κ1) is 21.7. The van der Waals surface area contributed by atoms with E-state index in [1.165, 1.54) is 18.3 Å². The number of nitrogens with zero attached hydrogens (tertiary/aromatic N) is 1. The lowest BCUT2D eigenvalue weighted by Gasteiger charge is -2.06. The van der Waals surface area contributed by atoms with E-state index in [9.17, 15) is 14.4 Å². The monoisotopic (exact) mass is 444 g/mol. The van der Waals surface area contributed by atoms with Crippen molar-refractivity contribution in [2.45, 2.75) is 27.0 Å². The highest BCUT2D eigenvalue weighted by atomic mass is 32.1. The van der Waals surface area contributed by atoms with Crippen molar-refractivity contribution in [2.24, 2.45) is 0 Å². The Balaban J connectivity index is 1.47. The highest BCUT2D eigenvalue weighted by Gasteiger charge is 2.14. The second-order valence-electron chi connectivity index (χ2n) is 6.35. The molecular weight excluding hydrogens is 424 g/mol. The lowest BCUT2D eigenvalue weighted by molar-refractivity contribution is -0.119. The Morgan fingerprint density at radius 3 is 2.53 bits per heavy atom. The van der Waals surface area contributed by atoms with E-state index < -0.39 is 5.97 Å². The molecular formula is C21H20N2O5S2. The number of hydrogen-bond donors (Lipinski definition) is 1. The number of hydrogen-bond acceptors (Lipinski definition) is 8. The molecule has 0 bridgehead atoms. The normalized spacial score (nSPS) is 10.5. The summed E-state index contributed by atoms with van der Waals surface area (Å²) < 4.78 is 10.8. The van der Waals surface area contributed by atoms with E-state index in [-0.39, 0.29) is 18.3 Å². The van der Waals surface area contributed by atoms with Gasteiger partial charge in [0, 0.05) is 17.2 Å². The summed E-state index contributed by atoms with van der Waals surface area (Å²) in [7, 11) is 0. The second kappa shape index (κ2) is 10.1. The molecule has 1 amide bonds. The molecule has 7 nitrogen and oxygen atoms in total. The Kier molecular flexibility index (Phi) is 7.31. The van der Waals surface area contributed by atoms with Crippen molar-refractivity contribution in [3.63, 3.8) is 0 Å². The molecule has 1 aromatic carbocycles. The van der Waals surface area contributed by atoms with Gasteiger partial charge in [-0.2, -0.15) is 0 Å². The minimum Gasteiger partial charge on any atom is -0.487 e. The van der Waals surface area contributed by atoms with Gasteiger partial charge in [0.25, 0.3) is 0 Å². The molecule has 2 heterocycles. The van der Waals surface area contributed by atoms with Crippen LogP contribution in [0.4, 0.5) is 0 Å². The molecule has 0 aliphatic carbocycles. The first-order valence-electron chi connectivity index (χ1n) is 9.08. The first-order valence-corrected chi connectivity index (χ1v) is 10.8. The number of carbonyl (C=O) groups is 3. The Hall–Kier alpha value is -3.04. The number of benzene rings is 1. The van der Waals surface area contributed by atoms with Gasteiger partial charge in [-0.25, -0.2) is 9.78 Å². The number of aryl methyl sites for hydroxylation is 1. The molecule has 0 fully saturated rings. The number of carbonyl (C=O) groups excluding carboxylic acids is 3. The highest BCUT2D eigenvalue weighted by molar-refractivity contribution is 7.14. The van der Waals surface area contributed by atoms with Gasteiger partial charge >= 0.3 is 5.97 Å². The Bertz CT molecular complexity index is 1040. The summed E-state index contributed by atoms with van der Waals surface area (Å²) >= 11 is 2.82. The van der Waals surface area contributed by atoms with Crippen LogP contribution >= 0.6 is 22.7 Å². The van der Waals surface area contributed by atoms with Crippen molar-refractivity contribution in [3.8, 4) is 5.75 Å². The third-order valence-electron chi connectivity index (χ3n) is 3.93. The molecule has 0 radical (unpaired) electrons. The number of Topliss-reactive ketones (excluding diaryl/α,β-unsaturated/α-hetero) is 1. The number of esters is 1. The van der Waals surface area contributed by atoms with Crippen molar-refractivity contribution in [3.05, 3.63) is 67.8 Å². The first-order chi connectivity index (χ1) is 14.4. The van der Waals surface area contributed by atoms with Gasteiger partial charge < -0.3 is 14.8 Å². The zero-order chi connectivity index (χ0) is 21.5. The van der Waals surface area contributed by atoms with E-state index in [4.69, 9.17) is 9.47 Å².